The van der Waals surface area contributed by atoms with Gasteiger partial charge in [-0.2, -0.15) is 0 Å². The van der Waals surface area contributed by atoms with Crippen LogP contribution in [-0.2, 0) is 0 Å². The Bertz CT molecular complexity index is 479. The van der Waals surface area contributed by atoms with Crippen molar-refractivity contribution in [3.63, 3.8) is 0 Å². The highest BCUT2D eigenvalue weighted by Gasteiger charge is 2.36. The lowest BCUT2D eigenvalue weighted by Gasteiger charge is -2.23. The molecule has 0 saturated carbocycles. The molecule has 0 spiro atoms. The highest BCUT2D eigenvalue weighted by atomic mass is 31.2. The number of hydrogen-bond acceptors (Lipinski definition) is 0. The molecule has 0 heterocycles. The van der Waals surface area contributed by atoms with Gasteiger partial charge in [0.05, 0.1) is 30.7 Å². The number of benzene rings is 2. The second-order valence-corrected chi connectivity index (χ2v) is 10.1. The van der Waals surface area contributed by atoms with Gasteiger partial charge in [0.15, 0.2) is 0 Å². The van der Waals surface area contributed by atoms with Crippen LogP contribution in [0.2, 0.25) is 0 Å². The van der Waals surface area contributed by atoms with E-state index in [1.165, 1.54) is 25.4 Å². The zero-order valence-electron chi connectivity index (χ0n) is 13.6. The molecule has 0 bridgehead atoms. The molecule has 1 unspecified atom stereocenters. The zero-order valence-corrected chi connectivity index (χ0v) is 14.5. The lowest BCUT2D eigenvalue weighted by atomic mass is 10.0. The molecule has 1 heteroatoms. The summed E-state index contributed by atoms with van der Waals surface area (Å²) in [6.45, 7) is 7.18. The molecule has 0 aliphatic rings. The molecule has 2 aromatic rings. The summed E-state index contributed by atoms with van der Waals surface area (Å²) < 4.78 is 0. The average Bonchev–Trinajstić information content (AvgIpc) is 2.56. The molecule has 0 amide bonds. The molecule has 1 atom stereocenters. The van der Waals surface area contributed by atoms with Gasteiger partial charge in [-0.15, -0.1) is 0 Å². The molecule has 0 radical (unpaired) electrons. The molecule has 0 nitrogen and oxygen atoms in total. The van der Waals surface area contributed by atoms with Crippen LogP contribution in [0.3, 0.4) is 0 Å². The van der Waals surface area contributed by atoms with Crippen LogP contribution in [-0.4, -0.2) is 12.8 Å². The van der Waals surface area contributed by atoms with Crippen LogP contribution in [0.5, 0.6) is 0 Å². The van der Waals surface area contributed by atoms with Crippen molar-refractivity contribution in [2.75, 3.05) is 12.8 Å². The molecule has 112 valence electrons. The maximum absolute atomic E-state index is 2.51. The summed E-state index contributed by atoms with van der Waals surface area (Å²) in [6, 6.07) is 22.3. The van der Waals surface area contributed by atoms with E-state index in [9.17, 15) is 0 Å². The van der Waals surface area contributed by atoms with E-state index in [2.05, 4.69) is 81.2 Å². The zero-order chi connectivity index (χ0) is 15.1. The van der Waals surface area contributed by atoms with Gasteiger partial charge in [0.2, 0.25) is 0 Å². The fourth-order valence-electron chi connectivity index (χ4n) is 2.88. The predicted octanol–water partition coefficient (Wildman–Crippen LogP) is 5.11. The smallest absolute Gasteiger partial charge is 0.0651 e. The molecular weight excluding hydrogens is 271 g/mol. The Labute approximate surface area is 130 Å². The van der Waals surface area contributed by atoms with Gasteiger partial charge in [0.1, 0.15) is 0 Å². The number of hydrogen-bond donors (Lipinski definition) is 0. The van der Waals surface area contributed by atoms with Gasteiger partial charge in [-0.25, -0.2) is 0 Å². The summed E-state index contributed by atoms with van der Waals surface area (Å²) in [5, 5.41) is 3.08. The molecule has 0 saturated heterocycles. The third kappa shape index (κ3) is 4.17. The van der Waals surface area contributed by atoms with Crippen molar-refractivity contribution in [3.8, 4) is 0 Å². The Balaban J connectivity index is 2.23. The van der Waals surface area contributed by atoms with Gasteiger partial charge >= 0.3 is 0 Å². The van der Waals surface area contributed by atoms with E-state index >= 15 is 0 Å². The Hall–Kier alpha value is -1.13. The fourth-order valence-corrected chi connectivity index (χ4v) is 6.17. The van der Waals surface area contributed by atoms with Gasteiger partial charge in [-0.05, 0) is 43.0 Å². The quantitative estimate of drug-likeness (QED) is 0.623. The Morgan fingerprint density at radius 1 is 0.857 bits per heavy atom. The van der Waals surface area contributed by atoms with Crippen molar-refractivity contribution in [1.82, 2.24) is 0 Å². The first-order valence-electron chi connectivity index (χ1n) is 8.13. The SMILES string of the molecule is CCC(C)CCC[P+](C)(c1ccccc1)c1ccccc1. The molecule has 0 fully saturated rings. The minimum Gasteiger partial charge on any atom is -0.0651 e. The van der Waals surface area contributed by atoms with Crippen molar-refractivity contribution in [1.29, 1.82) is 0 Å². The first-order valence-corrected chi connectivity index (χ1v) is 10.6. The first-order chi connectivity index (χ1) is 10.2. The highest BCUT2D eigenvalue weighted by molar-refractivity contribution is 7.88. The van der Waals surface area contributed by atoms with E-state index < -0.39 is 7.26 Å². The summed E-state index contributed by atoms with van der Waals surface area (Å²) in [4.78, 5) is 0. The molecule has 0 aromatic heterocycles. The van der Waals surface area contributed by atoms with Crippen molar-refractivity contribution in [2.45, 2.75) is 33.1 Å². The highest BCUT2D eigenvalue weighted by Crippen LogP contribution is 2.53. The standard InChI is InChI=1S/C20H28P/c1-4-18(2)12-11-17-21(3,19-13-7-5-8-14-19)20-15-9-6-10-16-20/h5-10,13-16,18H,4,11-12,17H2,1-3H3/q+1. The van der Waals surface area contributed by atoms with Crippen LogP contribution in [0.25, 0.3) is 0 Å². The summed E-state index contributed by atoms with van der Waals surface area (Å²) in [6.07, 6.45) is 5.31. The van der Waals surface area contributed by atoms with E-state index in [0.29, 0.717) is 0 Å². The van der Waals surface area contributed by atoms with Gasteiger partial charge in [-0.1, -0.05) is 56.7 Å². The molecule has 0 N–H and O–H groups in total. The lowest BCUT2D eigenvalue weighted by Crippen LogP contribution is -2.24. The molecule has 2 rings (SSSR count). The van der Waals surface area contributed by atoms with E-state index in [4.69, 9.17) is 0 Å². The Morgan fingerprint density at radius 3 is 1.76 bits per heavy atom. The van der Waals surface area contributed by atoms with Gasteiger partial charge in [-0.3, -0.25) is 0 Å². The van der Waals surface area contributed by atoms with E-state index in [0.717, 1.165) is 5.92 Å². The lowest BCUT2D eigenvalue weighted by molar-refractivity contribution is 0.510. The van der Waals surface area contributed by atoms with Crippen molar-refractivity contribution >= 4 is 17.9 Å². The number of rotatable bonds is 7. The van der Waals surface area contributed by atoms with Gasteiger partial charge in [0.25, 0.3) is 0 Å². The van der Waals surface area contributed by atoms with E-state index in [1.54, 1.807) is 10.6 Å². The van der Waals surface area contributed by atoms with Crippen LogP contribution in [0.4, 0.5) is 0 Å². The fraction of sp³-hybridized carbons (Fsp3) is 0.400. The summed E-state index contributed by atoms with van der Waals surface area (Å²) >= 11 is 0. The third-order valence-corrected chi connectivity index (χ3v) is 8.74. The van der Waals surface area contributed by atoms with Crippen LogP contribution < -0.4 is 10.6 Å². The summed E-state index contributed by atoms with van der Waals surface area (Å²) in [5.41, 5.74) is 0. The van der Waals surface area contributed by atoms with Crippen molar-refractivity contribution in [3.05, 3.63) is 60.7 Å². The van der Waals surface area contributed by atoms with Crippen molar-refractivity contribution < 1.29 is 0 Å². The monoisotopic (exact) mass is 299 g/mol. The third-order valence-electron chi connectivity index (χ3n) is 4.65. The van der Waals surface area contributed by atoms with Crippen LogP contribution in [0.1, 0.15) is 33.1 Å². The Kier molecular flexibility index (Phi) is 6.00. The average molecular weight is 299 g/mol. The maximum Gasteiger partial charge on any atom is 0.0988 e. The van der Waals surface area contributed by atoms with Gasteiger partial charge < -0.3 is 0 Å². The van der Waals surface area contributed by atoms with Gasteiger partial charge in [0, 0.05) is 0 Å². The van der Waals surface area contributed by atoms with Crippen LogP contribution in [0, 0.1) is 5.92 Å². The summed E-state index contributed by atoms with van der Waals surface area (Å²) in [5.74, 6) is 0.852. The van der Waals surface area contributed by atoms with Crippen molar-refractivity contribution in [2.24, 2.45) is 5.92 Å². The molecule has 2 aromatic carbocycles. The van der Waals surface area contributed by atoms with E-state index in [1.807, 2.05) is 0 Å². The molecule has 0 aliphatic heterocycles. The summed E-state index contributed by atoms with van der Waals surface area (Å²) in [7, 11) is -1.24. The maximum atomic E-state index is 2.51. The minimum absolute atomic E-state index is 0.852. The Morgan fingerprint density at radius 2 is 1.33 bits per heavy atom. The second-order valence-electron chi connectivity index (χ2n) is 6.24. The predicted molar refractivity (Wildman–Crippen MR) is 98.6 cm³/mol. The largest absolute Gasteiger partial charge is 0.0988 e. The molecular formula is C20H28P+. The van der Waals surface area contributed by atoms with Crippen LogP contribution in [0.15, 0.2) is 60.7 Å². The normalized spacial score (nSPS) is 13.1. The second kappa shape index (κ2) is 7.76. The topological polar surface area (TPSA) is 0 Å². The minimum atomic E-state index is -1.24. The molecule has 21 heavy (non-hydrogen) atoms. The van der Waals surface area contributed by atoms with E-state index in [-0.39, 0.29) is 0 Å². The molecule has 0 aliphatic carbocycles. The van der Waals surface area contributed by atoms with Crippen LogP contribution >= 0.6 is 7.26 Å². The first kappa shape index (κ1) is 16.2.